The van der Waals surface area contributed by atoms with Crippen molar-refractivity contribution in [3.63, 3.8) is 0 Å². The third-order valence-electron chi connectivity index (χ3n) is 6.74. The number of amides is 1. The summed E-state index contributed by atoms with van der Waals surface area (Å²) in [7, 11) is 0. The number of anilines is 1. The van der Waals surface area contributed by atoms with Crippen molar-refractivity contribution < 1.29 is 4.79 Å². The first kappa shape index (κ1) is 25.6. The molecule has 0 aliphatic carbocycles. The summed E-state index contributed by atoms with van der Waals surface area (Å²) in [5.74, 6) is -0.202. The van der Waals surface area contributed by atoms with Crippen LogP contribution in [0.4, 0.5) is 5.69 Å². The first-order valence-corrected chi connectivity index (χ1v) is 12.9. The van der Waals surface area contributed by atoms with Crippen LogP contribution in [0.25, 0.3) is 0 Å². The summed E-state index contributed by atoms with van der Waals surface area (Å²) in [6.07, 6.45) is 1.68. The summed E-state index contributed by atoms with van der Waals surface area (Å²) in [5, 5.41) is 4.13. The number of nitrogens with zero attached hydrogens (tertiary/aromatic N) is 4. The van der Waals surface area contributed by atoms with E-state index in [4.69, 9.17) is 0 Å². The fourth-order valence-electron chi connectivity index (χ4n) is 4.56. The molecule has 0 aromatic heterocycles. The lowest BCUT2D eigenvalue weighted by molar-refractivity contribution is 0.0955. The average molecular weight is 484 g/mol. The van der Waals surface area contributed by atoms with E-state index in [0.717, 1.165) is 57.9 Å². The number of hydrogen-bond acceptors (Lipinski definition) is 5. The highest BCUT2D eigenvalue weighted by molar-refractivity contribution is 5.94. The van der Waals surface area contributed by atoms with Crippen LogP contribution in [-0.2, 0) is 13.1 Å². The molecule has 0 bridgehead atoms. The molecule has 3 aromatic rings. The second kappa shape index (κ2) is 13.0. The van der Waals surface area contributed by atoms with Gasteiger partial charge in [0.25, 0.3) is 5.91 Å². The van der Waals surface area contributed by atoms with Crippen LogP contribution in [0.1, 0.15) is 40.9 Å². The molecule has 1 heterocycles. The smallest absolute Gasteiger partial charge is 0.271 e. The van der Waals surface area contributed by atoms with Crippen LogP contribution in [0.2, 0.25) is 0 Å². The molecular formula is C30H37N5O. The van der Waals surface area contributed by atoms with Gasteiger partial charge in [-0.15, -0.1) is 0 Å². The lowest BCUT2D eigenvalue weighted by Crippen LogP contribution is -2.45. The summed E-state index contributed by atoms with van der Waals surface area (Å²) in [6, 6.07) is 26.7. The van der Waals surface area contributed by atoms with Crippen LogP contribution in [0, 0.1) is 0 Å². The lowest BCUT2D eigenvalue weighted by Gasteiger charge is -2.34. The highest BCUT2D eigenvalue weighted by Crippen LogP contribution is 2.15. The van der Waals surface area contributed by atoms with Gasteiger partial charge in [-0.2, -0.15) is 5.10 Å². The molecule has 1 aliphatic rings. The zero-order valence-corrected chi connectivity index (χ0v) is 21.4. The lowest BCUT2D eigenvalue weighted by atomic mass is 10.1. The number of piperazine rings is 1. The normalized spacial score (nSPS) is 14.7. The molecule has 6 nitrogen and oxygen atoms in total. The molecule has 0 spiro atoms. The maximum Gasteiger partial charge on any atom is 0.271 e. The maximum atomic E-state index is 12.5. The minimum absolute atomic E-state index is 0.202. The molecule has 36 heavy (non-hydrogen) atoms. The van der Waals surface area contributed by atoms with Gasteiger partial charge in [0, 0.05) is 63.6 Å². The van der Waals surface area contributed by atoms with E-state index < -0.39 is 0 Å². The van der Waals surface area contributed by atoms with Gasteiger partial charge in [-0.25, -0.2) is 5.43 Å². The Kier molecular flexibility index (Phi) is 9.25. The first-order chi connectivity index (χ1) is 17.6. The summed E-state index contributed by atoms with van der Waals surface area (Å²) in [4.78, 5) is 19.8. The van der Waals surface area contributed by atoms with Gasteiger partial charge in [0.15, 0.2) is 0 Å². The predicted octanol–water partition coefficient (Wildman–Crippen LogP) is 4.61. The zero-order valence-electron chi connectivity index (χ0n) is 21.4. The Balaban J connectivity index is 1.21. The second-order valence-corrected chi connectivity index (χ2v) is 9.20. The molecule has 6 heteroatoms. The van der Waals surface area contributed by atoms with E-state index in [1.54, 1.807) is 6.21 Å². The summed E-state index contributed by atoms with van der Waals surface area (Å²) >= 11 is 0. The van der Waals surface area contributed by atoms with Gasteiger partial charge in [-0.3, -0.25) is 14.6 Å². The van der Waals surface area contributed by atoms with Crippen LogP contribution in [0.3, 0.4) is 0 Å². The van der Waals surface area contributed by atoms with Crippen molar-refractivity contribution in [1.29, 1.82) is 0 Å². The van der Waals surface area contributed by atoms with Crippen LogP contribution >= 0.6 is 0 Å². The molecule has 1 amide bonds. The van der Waals surface area contributed by atoms with Crippen molar-refractivity contribution in [2.24, 2.45) is 5.10 Å². The zero-order chi connectivity index (χ0) is 25.2. The molecule has 4 rings (SSSR count). The average Bonchev–Trinajstić information content (AvgIpc) is 2.92. The Morgan fingerprint density at radius 3 is 1.92 bits per heavy atom. The molecular weight excluding hydrogens is 446 g/mol. The van der Waals surface area contributed by atoms with Gasteiger partial charge in [0.05, 0.1) is 6.21 Å². The molecule has 3 aromatic carbocycles. The van der Waals surface area contributed by atoms with Gasteiger partial charge in [-0.05, 0) is 54.8 Å². The molecule has 0 saturated carbocycles. The highest BCUT2D eigenvalue weighted by atomic mass is 16.2. The van der Waals surface area contributed by atoms with Gasteiger partial charge >= 0.3 is 0 Å². The number of hydrazone groups is 1. The van der Waals surface area contributed by atoms with Crippen LogP contribution in [0.5, 0.6) is 0 Å². The monoisotopic (exact) mass is 483 g/mol. The molecule has 1 N–H and O–H groups in total. The summed E-state index contributed by atoms with van der Waals surface area (Å²) in [6.45, 7) is 12.4. The number of carbonyl (C=O) groups excluding carboxylic acids is 1. The van der Waals surface area contributed by atoms with Crippen molar-refractivity contribution in [2.45, 2.75) is 26.9 Å². The fourth-order valence-corrected chi connectivity index (χ4v) is 4.56. The Hall–Kier alpha value is -3.48. The molecule has 1 aliphatic heterocycles. The van der Waals surface area contributed by atoms with Crippen LogP contribution < -0.4 is 10.3 Å². The third kappa shape index (κ3) is 7.26. The van der Waals surface area contributed by atoms with Crippen molar-refractivity contribution in [2.75, 3.05) is 44.2 Å². The molecule has 0 unspecified atom stereocenters. The Bertz CT molecular complexity index is 1100. The van der Waals surface area contributed by atoms with Gasteiger partial charge in [0.1, 0.15) is 0 Å². The highest BCUT2D eigenvalue weighted by Gasteiger charge is 2.17. The molecule has 0 atom stereocenters. The quantitative estimate of drug-likeness (QED) is 0.338. The fraction of sp³-hybridized carbons (Fsp3) is 0.333. The van der Waals surface area contributed by atoms with Crippen LogP contribution in [0.15, 0.2) is 84.0 Å². The Labute approximate surface area is 215 Å². The van der Waals surface area contributed by atoms with Crippen molar-refractivity contribution in [3.05, 3.63) is 101 Å². The topological polar surface area (TPSA) is 51.2 Å². The Morgan fingerprint density at radius 2 is 1.36 bits per heavy atom. The molecule has 188 valence electrons. The molecule has 1 saturated heterocycles. The first-order valence-electron chi connectivity index (χ1n) is 12.9. The van der Waals surface area contributed by atoms with Gasteiger partial charge in [-0.1, -0.05) is 54.6 Å². The SMILES string of the molecule is CCN(CC)c1ccc(/C=N/NC(=O)c2ccc(CN3CCN(Cc4ccccc4)CC3)cc2)cc1. The Morgan fingerprint density at radius 1 is 0.806 bits per heavy atom. The number of benzene rings is 3. The van der Waals surface area contributed by atoms with E-state index in [9.17, 15) is 4.79 Å². The minimum atomic E-state index is -0.202. The van der Waals surface area contributed by atoms with E-state index in [0.29, 0.717) is 5.56 Å². The van der Waals surface area contributed by atoms with Gasteiger partial charge < -0.3 is 4.90 Å². The standard InChI is InChI=1S/C30H37N5O/c1-3-35(4-2)29-16-12-25(13-17-29)22-31-32-30(36)28-14-10-27(11-15-28)24-34-20-18-33(19-21-34)23-26-8-6-5-7-9-26/h5-17,22H,3-4,18-21,23-24H2,1-2H3,(H,32,36)/b31-22+. The number of nitrogens with one attached hydrogen (secondary N) is 1. The maximum absolute atomic E-state index is 12.5. The largest absolute Gasteiger partial charge is 0.372 e. The summed E-state index contributed by atoms with van der Waals surface area (Å²) < 4.78 is 0. The number of carbonyl (C=O) groups is 1. The van der Waals surface area contributed by atoms with E-state index in [2.05, 4.69) is 81.5 Å². The minimum Gasteiger partial charge on any atom is -0.372 e. The van der Waals surface area contributed by atoms with E-state index in [1.807, 2.05) is 36.4 Å². The van der Waals surface area contributed by atoms with Crippen molar-refractivity contribution in [1.82, 2.24) is 15.2 Å². The van der Waals surface area contributed by atoms with E-state index >= 15 is 0 Å². The van der Waals surface area contributed by atoms with Gasteiger partial charge in [0.2, 0.25) is 0 Å². The summed E-state index contributed by atoms with van der Waals surface area (Å²) in [5.41, 5.74) is 7.98. The van der Waals surface area contributed by atoms with Crippen molar-refractivity contribution >= 4 is 17.8 Å². The number of rotatable bonds is 10. The second-order valence-electron chi connectivity index (χ2n) is 9.20. The third-order valence-corrected chi connectivity index (χ3v) is 6.74. The van der Waals surface area contributed by atoms with Crippen LogP contribution in [-0.4, -0.2) is 61.2 Å². The van der Waals surface area contributed by atoms with Crippen molar-refractivity contribution in [3.8, 4) is 0 Å². The molecule has 0 radical (unpaired) electrons. The number of hydrogen-bond donors (Lipinski definition) is 1. The van der Waals surface area contributed by atoms with E-state index in [-0.39, 0.29) is 5.91 Å². The van der Waals surface area contributed by atoms with E-state index in [1.165, 1.54) is 16.8 Å². The predicted molar refractivity (Wildman–Crippen MR) is 149 cm³/mol. The molecule has 1 fully saturated rings.